The van der Waals surface area contributed by atoms with Crippen molar-refractivity contribution in [1.29, 1.82) is 5.26 Å². The lowest BCUT2D eigenvalue weighted by Crippen LogP contribution is -2.37. The maximum Gasteiger partial charge on any atom is 0.0683 e. The van der Waals surface area contributed by atoms with E-state index in [1.807, 2.05) is 13.8 Å². The first-order valence-electron chi connectivity index (χ1n) is 6.59. The van der Waals surface area contributed by atoms with Crippen molar-refractivity contribution in [1.82, 2.24) is 5.32 Å². The molecule has 0 atom stereocenters. The summed E-state index contributed by atoms with van der Waals surface area (Å²) in [6.07, 6.45) is 7.56. The Labute approximate surface area is 100 Å². The molecule has 0 amide bonds. The van der Waals surface area contributed by atoms with E-state index in [9.17, 15) is 0 Å². The van der Waals surface area contributed by atoms with Gasteiger partial charge in [-0.05, 0) is 51.5 Å². The smallest absolute Gasteiger partial charge is 0.0683 e. The normalized spacial score (nSPS) is 18.9. The van der Waals surface area contributed by atoms with E-state index >= 15 is 0 Å². The largest absolute Gasteiger partial charge is 0.316 e. The second-order valence-corrected chi connectivity index (χ2v) is 6.29. The third-order valence-corrected chi connectivity index (χ3v) is 3.82. The van der Waals surface area contributed by atoms with E-state index in [0.717, 1.165) is 19.4 Å². The molecule has 0 saturated heterocycles. The SMILES string of the molecule is CC(C)(C#N)CCCCNCC1(C)CCC1. The highest BCUT2D eigenvalue weighted by Crippen LogP contribution is 2.39. The third-order valence-electron chi connectivity index (χ3n) is 3.82. The monoisotopic (exact) mass is 222 g/mol. The second-order valence-electron chi connectivity index (χ2n) is 6.29. The summed E-state index contributed by atoms with van der Waals surface area (Å²) in [7, 11) is 0. The molecule has 2 heteroatoms. The minimum atomic E-state index is -0.139. The van der Waals surface area contributed by atoms with Crippen LogP contribution in [0.25, 0.3) is 0 Å². The van der Waals surface area contributed by atoms with Gasteiger partial charge in [0.1, 0.15) is 0 Å². The molecule has 0 aromatic rings. The van der Waals surface area contributed by atoms with E-state index in [1.54, 1.807) is 0 Å². The molecule has 0 aromatic heterocycles. The van der Waals surface area contributed by atoms with Crippen LogP contribution in [0, 0.1) is 22.2 Å². The van der Waals surface area contributed by atoms with Crippen molar-refractivity contribution in [2.45, 2.75) is 59.3 Å². The molecule has 2 nitrogen and oxygen atoms in total. The number of nitriles is 1. The molecule has 92 valence electrons. The molecule has 1 N–H and O–H groups in total. The van der Waals surface area contributed by atoms with Gasteiger partial charge in [-0.2, -0.15) is 5.26 Å². The van der Waals surface area contributed by atoms with Crippen molar-refractivity contribution in [2.75, 3.05) is 13.1 Å². The van der Waals surface area contributed by atoms with Crippen LogP contribution in [0.1, 0.15) is 59.3 Å². The zero-order valence-corrected chi connectivity index (χ0v) is 11.1. The number of nitrogens with one attached hydrogen (secondary N) is 1. The van der Waals surface area contributed by atoms with Crippen molar-refractivity contribution in [2.24, 2.45) is 10.8 Å². The molecular weight excluding hydrogens is 196 g/mol. The summed E-state index contributed by atoms with van der Waals surface area (Å²) in [5.41, 5.74) is 0.450. The lowest BCUT2D eigenvalue weighted by molar-refractivity contribution is 0.157. The molecule has 0 unspecified atom stereocenters. The molecule has 1 aliphatic carbocycles. The van der Waals surface area contributed by atoms with Gasteiger partial charge in [-0.3, -0.25) is 0 Å². The maximum atomic E-state index is 8.88. The van der Waals surface area contributed by atoms with Crippen molar-refractivity contribution < 1.29 is 0 Å². The number of rotatable bonds is 7. The van der Waals surface area contributed by atoms with Gasteiger partial charge in [-0.15, -0.1) is 0 Å². The Bertz CT molecular complexity index is 246. The Morgan fingerprint density at radius 2 is 2.00 bits per heavy atom. The Balaban J connectivity index is 1.94. The van der Waals surface area contributed by atoms with Gasteiger partial charge in [0.15, 0.2) is 0 Å². The highest BCUT2D eigenvalue weighted by molar-refractivity contribution is 4.91. The zero-order valence-electron chi connectivity index (χ0n) is 11.1. The molecule has 0 aliphatic heterocycles. The second kappa shape index (κ2) is 5.68. The standard InChI is InChI=1S/C14H26N2/c1-13(2,11-15)7-4-5-10-16-12-14(3)8-6-9-14/h16H,4-10,12H2,1-3H3. The van der Waals surface area contributed by atoms with Crippen LogP contribution in [0.2, 0.25) is 0 Å². The molecule has 1 rings (SSSR count). The molecular formula is C14H26N2. The van der Waals surface area contributed by atoms with Crippen LogP contribution in [0.3, 0.4) is 0 Å². The molecule has 1 saturated carbocycles. The van der Waals surface area contributed by atoms with Crippen LogP contribution in [-0.4, -0.2) is 13.1 Å². The van der Waals surface area contributed by atoms with Gasteiger partial charge in [0, 0.05) is 6.54 Å². The first-order chi connectivity index (χ1) is 7.47. The molecule has 0 aromatic carbocycles. The van der Waals surface area contributed by atoms with Crippen molar-refractivity contribution >= 4 is 0 Å². The lowest BCUT2D eigenvalue weighted by Gasteiger charge is -2.38. The summed E-state index contributed by atoms with van der Waals surface area (Å²) in [6, 6.07) is 2.35. The highest BCUT2D eigenvalue weighted by atomic mass is 14.9. The first-order valence-corrected chi connectivity index (χ1v) is 6.59. The van der Waals surface area contributed by atoms with Gasteiger partial charge >= 0.3 is 0 Å². The van der Waals surface area contributed by atoms with E-state index in [2.05, 4.69) is 18.3 Å². The van der Waals surface area contributed by atoms with Crippen LogP contribution in [0.15, 0.2) is 0 Å². The van der Waals surface area contributed by atoms with Gasteiger partial charge < -0.3 is 5.32 Å². The molecule has 0 spiro atoms. The fraction of sp³-hybridized carbons (Fsp3) is 0.929. The van der Waals surface area contributed by atoms with Crippen molar-refractivity contribution in [3.8, 4) is 6.07 Å². The van der Waals surface area contributed by atoms with Crippen LogP contribution in [-0.2, 0) is 0 Å². The average molecular weight is 222 g/mol. The predicted molar refractivity (Wildman–Crippen MR) is 68.1 cm³/mol. The van der Waals surface area contributed by atoms with Crippen LogP contribution < -0.4 is 5.32 Å². The molecule has 0 radical (unpaired) electrons. The van der Waals surface area contributed by atoms with Crippen LogP contribution in [0.4, 0.5) is 0 Å². The van der Waals surface area contributed by atoms with Gasteiger partial charge in [-0.25, -0.2) is 0 Å². The fourth-order valence-corrected chi connectivity index (χ4v) is 2.22. The topological polar surface area (TPSA) is 35.8 Å². The van der Waals surface area contributed by atoms with Gasteiger partial charge in [-0.1, -0.05) is 19.8 Å². The fourth-order valence-electron chi connectivity index (χ4n) is 2.22. The van der Waals surface area contributed by atoms with Crippen LogP contribution in [0.5, 0.6) is 0 Å². The summed E-state index contributed by atoms with van der Waals surface area (Å²) in [6.45, 7) is 8.71. The lowest BCUT2D eigenvalue weighted by atomic mass is 9.70. The number of unbranched alkanes of at least 4 members (excludes halogenated alkanes) is 1. The summed E-state index contributed by atoms with van der Waals surface area (Å²) in [5, 5.41) is 12.4. The van der Waals surface area contributed by atoms with Gasteiger partial charge in [0.2, 0.25) is 0 Å². The molecule has 1 fully saturated rings. The van der Waals surface area contributed by atoms with Crippen molar-refractivity contribution in [3.63, 3.8) is 0 Å². The zero-order chi connectivity index (χ0) is 12.1. The Morgan fingerprint density at radius 1 is 1.31 bits per heavy atom. The Morgan fingerprint density at radius 3 is 2.50 bits per heavy atom. The third kappa shape index (κ3) is 4.53. The van der Waals surface area contributed by atoms with E-state index in [-0.39, 0.29) is 5.41 Å². The quantitative estimate of drug-likeness (QED) is 0.669. The summed E-state index contributed by atoms with van der Waals surface area (Å²) < 4.78 is 0. The van der Waals surface area contributed by atoms with Crippen molar-refractivity contribution in [3.05, 3.63) is 0 Å². The van der Waals surface area contributed by atoms with E-state index in [1.165, 1.54) is 32.2 Å². The first kappa shape index (κ1) is 13.5. The molecule has 0 heterocycles. The number of nitrogens with zero attached hydrogens (tertiary/aromatic N) is 1. The Kier molecular flexibility index (Phi) is 4.80. The molecule has 0 bridgehead atoms. The maximum absolute atomic E-state index is 8.88. The van der Waals surface area contributed by atoms with E-state index in [0.29, 0.717) is 5.41 Å². The molecule has 16 heavy (non-hydrogen) atoms. The number of hydrogen-bond acceptors (Lipinski definition) is 2. The summed E-state index contributed by atoms with van der Waals surface area (Å²) >= 11 is 0. The Hall–Kier alpha value is -0.550. The van der Waals surface area contributed by atoms with Gasteiger partial charge in [0.25, 0.3) is 0 Å². The number of hydrogen-bond donors (Lipinski definition) is 1. The minimum absolute atomic E-state index is 0.139. The summed E-state index contributed by atoms with van der Waals surface area (Å²) in [4.78, 5) is 0. The molecule has 1 aliphatic rings. The predicted octanol–water partition coefficient (Wildman–Crippen LogP) is 3.49. The van der Waals surface area contributed by atoms with Crippen LogP contribution >= 0.6 is 0 Å². The minimum Gasteiger partial charge on any atom is -0.316 e. The summed E-state index contributed by atoms with van der Waals surface area (Å²) in [5.74, 6) is 0. The average Bonchev–Trinajstić information content (AvgIpc) is 2.20. The van der Waals surface area contributed by atoms with E-state index < -0.39 is 0 Å². The van der Waals surface area contributed by atoms with E-state index in [4.69, 9.17) is 5.26 Å². The van der Waals surface area contributed by atoms with Gasteiger partial charge in [0.05, 0.1) is 11.5 Å². The highest BCUT2D eigenvalue weighted by Gasteiger charge is 2.30.